The van der Waals surface area contributed by atoms with E-state index in [1.54, 1.807) is 0 Å². The first-order valence-electron chi connectivity index (χ1n) is 6.91. The van der Waals surface area contributed by atoms with E-state index < -0.39 is 6.10 Å². The molecule has 0 saturated carbocycles. The molecule has 1 aliphatic rings. The minimum atomic E-state index is -0.437. The highest BCUT2D eigenvalue weighted by molar-refractivity contribution is 5.37. The number of hydrogen-bond donors (Lipinski definition) is 1. The molecule has 1 aromatic rings. The van der Waals surface area contributed by atoms with E-state index in [1.165, 1.54) is 0 Å². The summed E-state index contributed by atoms with van der Waals surface area (Å²) in [5.74, 6) is 0.828. The smallest absolute Gasteiger partial charge is 0.125 e. The van der Waals surface area contributed by atoms with Crippen LogP contribution in [0, 0.1) is 0 Å². The Hall–Kier alpha value is -1.06. The molecule has 2 atom stereocenters. The van der Waals surface area contributed by atoms with Crippen molar-refractivity contribution in [3.8, 4) is 5.75 Å². The van der Waals surface area contributed by atoms with E-state index in [2.05, 4.69) is 18.7 Å². The van der Waals surface area contributed by atoms with Gasteiger partial charge in [0.25, 0.3) is 0 Å². The van der Waals surface area contributed by atoms with Crippen molar-refractivity contribution >= 4 is 0 Å². The van der Waals surface area contributed by atoms with Crippen molar-refractivity contribution in [3.05, 3.63) is 29.8 Å². The quantitative estimate of drug-likeness (QED) is 0.870. The van der Waals surface area contributed by atoms with Gasteiger partial charge in [0.1, 0.15) is 18.5 Å². The summed E-state index contributed by atoms with van der Waals surface area (Å²) >= 11 is 0. The SMILES string of the molecule is CCCN(CCC)C1COc2ccccc2C1O. The van der Waals surface area contributed by atoms with Gasteiger partial charge in [0.2, 0.25) is 0 Å². The van der Waals surface area contributed by atoms with Crippen molar-refractivity contribution in [2.45, 2.75) is 38.8 Å². The Kier molecular flexibility index (Phi) is 4.61. The Balaban J connectivity index is 2.16. The Morgan fingerprint density at radius 2 is 1.89 bits per heavy atom. The first kappa shape index (κ1) is 13.4. The molecule has 1 aromatic carbocycles. The number of rotatable bonds is 5. The maximum Gasteiger partial charge on any atom is 0.125 e. The van der Waals surface area contributed by atoms with Gasteiger partial charge < -0.3 is 9.84 Å². The Bertz CT molecular complexity index is 375. The number of nitrogens with zero attached hydrogens (tertiary/aromatic N) is 1. The predicted octanol–water partition coefficient (Wildman–Crippen LogP) is 2.60. The fourth-order valence-electron chi connectivity index (χ4n) is 2.65. The van der Waals surface area contributed by atoms with Crippen LogP contribution in [0.4, 0.5) is 0 Å². The van der Waals surface area contributed by atoms with Gasteiger partial charge in [-0.2, -0.15) is 0 Å². The first-order chi connectivity index (χ1) is 8.77. The third kappa shape index (κ3) is 2.68. The highest BCUT2D eigenvalue weighted by Crippen LogP contribution is 2.33. The van der Waals surface area contributed by atoms with Gasteiger partial charge in [0.05, 0.1) is 6.04 Å². The standard InChI is InChI=1S/C15H23NO2/c1-3-9-16(10-4-2)13-11-18-14-8-6-5-7-12(14)15(13)17/h5-8,13,15,17H,3-4,9-11H2,1-2H3. The summed E-state index contributed by atoms with van der Waals surface area (Å²) in [7, 11) is 0. The Labute approximate surface area is 109 Å². The van der Waals surface area contributed by atoms with Crippen LogP contribution in [-0.4, -0.2) is 35.7 Å². The molecule has 0 amide bonds. The lowest BCUT2D eigenvalue weighted by molar-refractivity contribution is 0.00331. The molecule has 1 aliphatic heterocycles. The number of aliphatic hydroxyl groups excluding tert-OH is 1. The molecule has 1 heterocycles. The van der Waals surface area contributed by atoms with Crippen molar-refractivity contribution in [3.63, 3.8) is 0 Å². The van der Waals surface area contributed by atoms with E-state index in [9.17, 15) is 5.11 Å². The predicted molar refractivity (Wildman–Crippen MR) is 72.8 cm³/mol. The van der Waals surface area contributed by atoms with Crippen LogP contribution in [0.1, 0.15) is 38.4 Å². The maximum absolute atomic E-state index is 10.5. The third-order valence-corrected chi connectivity index (χ3v) is 3.50. The summed E-state index contributed by atoms with van der Waals surface area (Å²) in [6.07, 6.45) is 1.77. The molecule has 18 heavy (non-hydrogen) atoms. The highest BCUT2D eigenvalue weighted by Gasteiger charge is 2.32. The number of aliphatic hydroxyl groups is 1. The molecule has 0 aromatic heterocycles. The van der Waals surface area contributed by atoms with Crippen LogP contribution < -0.4 is 4.74 Å². The molecular weight excluding hydrogens is 226 g/mol. The van der Waals surface area contributed by atoms with Gasteiger partial charge in [0.15, 0.2) is 0 Å². The summed E-state index contributed by atoms with van der Waals surface area (Å²) in [6, 6.07) is 7.88. The first-order valence-corrected chi connectivity index (χ1v) is 6.91. The molecule has 100 valence electrons. The number of fused-ring (bicyclic) bond motifs is 1. The van der Waals surface area contributed by atoms with Gasteiger partial charge in [-0.3, -0.25) is 4.90 Å². The van der Waals surface area contributed by atoms with Gasteiger partial charge in [-0.05, 0) is 32.0 Å². The zero-order valence-electron chi connectivity index (χ0n) is 11.3. The Morgan fingerprint density at radius 3 is 2.56 bits per heavy atom. The lowest BCUT2D eigenvalue weighted by Gasteiger charge is -2.38. The molecule has 2 unspecified atom stereocenters. The van der Waals surface area contributed by atoms with Crippen molar-refractivity contribution in [1.82, 2.24) is 4.90 Å². The molecule has 2 rings (SSSR count). The van der Waals surface area contributed by atoms with Crippen molar-refractivity contribution in [2.75, 3.05) is 19.7 Å². The average molecular weight is 249 g/mol. The van der Waals surface area contributed by atoms with E-state index in [4.69, 9.17) is 4.74 Å². The average Bonchev–Trinajstić information content (AvgIpc) is 2.39. The highest BCUT2D eigenvalue weighted by atomic mass is 16.5. The molecule has 0 radical (unpaired) electrons. The van der Waals surface area contributed by atoms with E-state index in [0.717, 1.165) is 37.2 Å². The van der Waals surface area contributed by atoms with E-state index >= 15 is 0 Å². The summed E-state index contributed by atoms with van der Waals surface area (Å²) in [5, 5.41) is 10.5. The van der Waals surface area contributed by atoms with Crippen LogP contribution in [0.2, 0.25) is 0 Å². The van der Waals surface area contributed by atoms with Gasteiger partial charge in [-0.25, -0.2) is 0 Å². The van der Waals surface area contributed by atoms with Gasteiger partial charge in [0, 0.05) is 5.56 Å². The number of benzene rings is 1. The van der Waals surface area contributed by atoms with Crippen molar-refractivity contribution in [1.29, 1.82) is 0 Å². The largest absolute Gasteiger partial charge is 0.491 e. The monoisotopic (exact) mass is 249 g/mol. The zero-order valence-corrected chi connectivity index (χ0v) is 11.3. The molecule has 0 aliphatic carbocycles. The van der Waals surface area contributed by atoms with Crippen molar-refractivity contribution in [2.24, 2.45) is 0 Å². The van der Waals surface area contributed by atoms with Crippen LogP contribution in [0.3, 0.4) is 0 Å². The topological polar surface area (TPSA) is 32.7 Å². The summed E-state index contributed by atoms with van der Waals surface area (Å²) in [5.41, 5.74) is 0.922. The maximum atomic E-state index is 10.5. The minimum absolute atomic E-state index is 0.0831. The summed E-state index contributed by atoms with van der Waals surface area (Å²) in [4.78, 5) is 2.35. The number of ether oxygens (including phenoxy) is 1. The van der Waals surface area contributed by atoms with Crippen molar-refractivity contribution < 1.29 is 9.84 Å². The summed E-state index contributed by atoms with van der Waals surface area (Å²) in [6.45, 7) is 6.96. The van der Waals surface area contributed by atoms with Crippen LogP contribution in [0.15, 0.2) is 24.3 Å². The number of hydrogen-bond acceptors (Lipinski definition) is 3. The molecule has 0 spiro atoms. The normalized spacial score (nSPS) is 22.7. The second kappa shape index (κ2) is 6.21. The third-order valence-electron chi connectivity index (χ3n) is 3.50. The number of para-hydroxylation sites is 1. The fraction of sp³-hybridized carbons (Fsp3) is 0.600. The lowest BCUT2D eigenvalue weighted by atomic mass is 9.97. The van der Waals surface area contributed by atoms with E-state index in [1.807, 2.05) is 24.3 Å². The fourth-order valence-corrected chi connectivity index (χ4v) is 2.65. The second-order valence-electron chi connectivity index (χ2n) is 4.90. The lowest BCUT2D eigenvalue weighted by Crippen LogP contribution is -2.46. The molecule has 0 bridgehead atoms. The molecule has 0 fully saturated rings. The molecule has 1 N–H and O–H groups in total. The van der Waals surface area contributed by atoms with Gasteiger partial charge in [-0.1, -0.05) is 32.0 Å². The molecule has 3 heteroatoms. The van der Waals surface area contributed by atoms with Crippen LogP contribution in [-0.2, 0) is 0 Å². The second-order valence-corrected chi connectivity index (χ2v) is 4.90. The molecule has 0 saturated heterocycles. The zero-order chi connectivity index (χ0) is 13.0. The summed E-state index contributed by atoms with van der Waals surface area (Å²) < 4.78 is 5.78. The molecule has 3 nitrogen and oxygen atoms in total. The Morgan fingerprint density at radius 1 is 1.22 bits per heavy atom. The van der Waals surface area contributed by atoms with Gasteiger partial charge >= 0.3 is 0 Å². The van der Waals surface area contributed by atoms with E-state index in [0.29, 0.717) is 6.61 Å². The van der Waals surface area contributed by atoms with Gasteiger partial charge in [-0.15, -0.1) is 0 Å². The van der Waals surface area contributed by atoms with Crippen LogP contribution in [0.5, 0.6) is 5.75 Å². The van der Waals surface area contributed by atoms with E-state index in [-0.39, 0.29) is 6.04 Å². The minimum Gasteiger partial charge on any atom is -0.491 e. The van der Waals surface area contributed by atoms with Crippen LogP contribution >= 0.6 is 0 Å². The molecular formula is C15H23NO2. The van der Waals surface area contributed by atoms with Crippen LogP contribution in [0.25, 0.3) is 0 Å².